The van der Waals surface area contributed by atoms with E-state index < -0.39 is 12.2 Å². The van der Waals surface area contributed by atoms with E-state index in [1.807, 2.05) is 0 Å². The summed E-state index contributed by atoms with van der Waals surface area (Å²) in [5, 5.41) is 27.1. The van der Waals surface area contributed by atoms with E-state index in [-0.39, 0.29) is 32.4 Å². The number of hydrogen-bond acceptors (Lipinski definition) is 6. The Morgan fingerprint density at radius 2 is 1.50 bits per heavy atom. The Morgan fingerprint density at radius 1 is 0.909 bits per heavy atom. The first-order chi connectivity index (χ1) is 10.6. The van der Waals surface area contributed by atoms with Crippen molar-refractivity contribution in [2.45, 2.75) is 70.5 Å². The second-order valence-electron chi connectivity index (χ2n) is 5.58. The van der Waals surface area contributed by atoms with Gasteiger partial charge in [0.1, 0.15) is 18.8 Å². The van der Waals surface area contributed by atoms with Crippen molar-refractivity contribution in [3.8, 4) is 0 Å². The summed E-state index contributed by atoms with van der Waals surface area (Å²) in [5.74, 6) is -0.303. The molecule has 0 aliphatic heterocycles. The fraction of sp³-hybridized carbons (Fsp3) is 0.938. The topological polar surface area (TPSA) is 96.2 Å². The third-order valence-electron chi connectivity index (χ3n) is 3.25. The van der Waals surface area contributed by atoms with Crippen molar-refractivity contribution < 1.29 is 29.6 Å². The Morgan fingerprint density at radius 3 is 2.14 bits per heavy atom. The van der Waals surface area contributed by atoms with E-state index in [0.29, 0.717) is 6.42 Å². The smallest absolute Gasteiger partial charge is 0.305 e. The fourth-order valence-corrected chi connectivity index (χ4v) is 1.93. The van der Waals surface area contributed by atoms with Gasteiger partial charge < -0.3 is 24.8 Å². The van der Waals surface area contributed by atoms with Crippen LogP contribution in [0.2, 0.25) is 0 Å². The van der Waals surface area contributed by atoms with Crippen LogP contribution in [0.5, 0.6) is 0 Å². The monoisotopic (exact) mass is 320 g/mol. The van der Waals surface area contributed by atoms with Gasteiger partial charge in [-0.3, -0.25) is 4.79 Å². The van der Waals surface area contributed by atoms with Crippen LogP contribution in [-0.4, -0.2) is 59.9 Å². The second kappa shape index (κ2) is 15.2. The van der Waals surface area contributed by atoms with Crippen LogP contribution in [0.1, 0.15) is 58.3 Å². The molecule has 0 aromatic rings. The molecular weight excluding hydrogens is 288 g/mol. The molecule has 0 aromatic carbocycles. The summed E-state index contributed by atoms with van der Waals surface area (Å²) in [4.78, 5) is 11.5. The molecule has 0 amide bonds. The summed E-state index contributed by atoms with van der Waals surface area (Å²) < 4.78 is 9.93. The molecule has 6 heteroatoms. The minimum absolute atomic E-state index is 0.0399. The van der Waals surface area contributed by atoms with Crippen molar-refractivity contribution in [3.63, 3.8) is 0 Å². The number of carbonyl (C=O) groups is 1. The molecule has 0 radical (unpaired) electrons. The molecule has 22 heavy (non-hydrogen) atoms. The van der Waals surface area contributed by atoms with Crippen LogP contribution in [-0.2, 0) is 14.3 Å². The van der Waals surface area contributed by atoms with Crippen molar-refractivity contribution >= 4 is 5.97 Å². The molecule has 3 N–H and O–H groups in total. The lowest BCUT2D eigenvalue weighted by Crippen LogP contribution is -2.27. The predicted octanol–water partition coefficient (Wildman–Crippen LogP) is 1.40. The van der Waals surface area contributed by atoms with E-state index in [2.05, 4.69) is 6.92 Å². The Bertz CT molecular complexity index is 259. The highest BCUT2D eigenvalue weighted by Crippen LogP contribution is 2.08. The standard InChI is InChI=1S/C16H32O6/c1-2-3-4-5-6-7-8-9-16(20)22-13-15(19)12-21-11-14(18)10-17/h14-15,17-19H,2-13H2,1H3. The van der Waals surface area contributed by atoms with E-state index in [1.165, 1.54) is 25.7 Å². The van der Waals surface area contributed by atoms with E-state index >= 15 is 0 Å². The maximum Gasteiger partial charge on any atom is 0.305 e. The Kier molecular flexibility index (Phi) is 14.7. The molecule has 0 aromatic heterocycles. The average molecular weight is 320 g/mol. The molecule has 0 aliphatic rings. The van der Waals surface area contributed by atoms with Crippen molar-refractivity contribution in [3.05, 3.63) is 0 Å². The molecule has 0 saturated heterocycles. The minimum Gasteiger partial charge on any atom is -0.463 e. The second-order valence-corrected chi connectivity index (χ2v) is 5.58. The maximum absolute atomic E-state index is 11.5. The normalized spacial score (nSPS) is 13.8. The number of unbranched alkanes of at least 4 members (excludes halogenated alkanes) is 6. The van der Waals surface area contributed by atoms with Gasteiger partial charge in [0.25, 0.3) is 0 Å². The van der Waals surface area contributed by atoms with Crippen LogP contribution in [0.4, 0.5) is 0 Å². The zero-order valence-electron chi connectivity index (χ0n) is 13.7. The van der Waals surface area contributed by atoms with Crippen molar-refractivity contribution in [2.24, 2.45) is 0 Å². The summed E-state index contributed by atoms with van der Waals surface area (Å²) >= 11 is 0. The fourth-order valence-electron chi connectivity index (χ4n) is 1.93. The summed E-state index contributed by atoms with van der Waals surface area (Å²) in [7, 11) is 0. The van der Waals surface area contributed by atoms with Crippen molar-refractivity contribution in [2.75, 3.05) is 26.4 Å². The minimum atomic E-state index is -0.952. The van der Waals surface area contributed by atoms with Crippen LogP contribution in [0.3, 0.4) is 0 Å². The molecule has 0 fully saturated rings. The number of ether oxygens (including phenoxy) is 2. The van der Waals surface area contributed by atoms with Gasteiger partial charge in [-0.05, 0) is 6.42 Å². The number of hydrogen-bond donors (Lipinski definition) is 3. The van der Waals surface area contributed by atoms with E-state index in [1.54, 1.807) is 0 Å². The third kappa shape index (κ3) is 14.3. The highest BCUT2D eigenvalue weighted by atomic mass is 16.5. The van der Waals surface area contributed by atoms with Gasteiger partial charge in [-0.2, -0.15) is 0 Å². The molecule has 0 aliphatic carbocycles. The van der Waals surface area contributed by atoms with Crippen LogP contribution >= 0.6 is 0 Å². The number of aliphatic hydroxyl groups is 3. The molecule has 0 heterocycles. The number of rotatable bonds is 15. The summed E-state index contributed by atoms with van der Waals surface area (Å²) in [6.45, 7) is 1.60. The largest absolute Gasteiger partial charge is 0.463 e. The highest BCUT2D eigenvalue weighted by Gasteiger charge is 2.10. The van der Waals surface area contributed by atoms with Gasteiger partial charge in [0, 0.05) is 6.42 Å². The molecule has 2 atom stereocenters. The Balaban J connectivity index is 3.40. The van der Waals surface area contributed by atoms with Crippen molar-refractivity contribution in [1.82, 2.24) is 0 Å². The molecule has 0 saturated carbocycles. The average Bonchev–Trinajstić information content (AvgIpc) is 2.51. The predicted molar refractivity (Wildman–Crippen MR) is 83.5 cm³/mol. The molecule has 2 unspecified atom stereocenters. The first kappa shape index (κ1) is 21.3. The first-order valence-corrected chi connectivity index (χ1v) is 8.30. The zero-order valence-corrected chi connectivity index (χ0v) is 13.7. The van der Waals surface area contributed by atoms with Gasteiger partial charge in [0.05, 0.1) is 19.8 Å². The van der Waals surface area contributed by atoms with E-state index in [4.69, 9.17) is 19.7 Å². The van der Waals surface area contributed by atoms with E-state index in [9.17, 15) is 9.90 Å². The lowest BCUT2D eigenvalue weighted by atomic mass is 10.1. The van der Waals surface area contributed by atoms with Crippen molar-refractivity contribution in [1.29, 1.82) is 0 Å². The maximum atomic E-state index is 11.5. The lowest BCUT2D eigenvalue weighted by molar-refractivity contribution is -0.148. The SMILES string of the molecule is CCCCCCCCCC(=O)OCC(O)COCC(O)CO. The molecule has 6 nitrogen and oxygen atoms in total. The molecule has 0 rings (SSSR count). The molecule has 132 valence electrons. The summed E-state index contributed by atoms with van der Waals surface area (Å²) in [6.07, 6.45) is 6.51. The summed E-state index contributed by atoms with van der Waals surface area (Å²) in [5.41, 5.74) is 0. The van der Waals surface area contributed by atoms with E-state index in [0.717, 1.165) is 19.3 Å². The van der Waals surface area contributed by atoms with Gasteiger partial charge in [0.2, 0.25) is 0 Å². The molecule has 0 spiro atoms. The van der Waals surface area contributed by atoms with Crippen LogP contribution in [0, 0.1) is 0 Å². The van der Waals surface area contributed by atoms with Crippen LogP contribution < -0.4 is 0 Å². The third-order valence-corrected chi connectivity index (χ3v) is 3.25. The number of esters is 1. The number of aliphatic hydroxyl groups excluding tert-OH is 3. The summed E-state index contributed by atoms with van der Waals surface area (Å²) in [6, 6.07) is 0. The Hall–Kier alpha value is -0.690. The van der Waals surface area contributed by atoms with Crippen LogP contribution in [0.25, 0.3) is 0 Å². The Labute approximate surface area is 133 Å². The lowest BCUT2D eigenvalue weighted by Gasteiger charge is -2.13. The zero-order chi connectivity index (χ0) is 16.6. The van der Waals surface area contributed by atoms with Gasteiger partial charge in [0.15, 0.2) is 0 Å². The van der Waals surface area contributed by atoms with Gasteiger partial charge in [-0.1, -0.05) is 45.4 Å². The van der Waals surface area contributed by atoms with Crippen LogP contribution in [0.15, 0.2) is 0 Å². The highest BCUT2D eigenvalue weighted by molar-refractivity contribution is 5.69. The molecule has 0 bridgehead atoms. The van der Waals surface area contributed by atoms with Gasteiger partial charge in [-0.25, -0.2) is 0 Å². The van der Waals surface area contributed by atoms with Gasteiger partial charge >= 0.3 is 5.97 Å². The number of carbonyl (C=O) groups excluding carboxylic acids is 1. The quantitative estimate of drug-likeness (QED) is 0.312. The first-order valence-electron chi connectivity index (χ1n) is 8.30. The molecular formula is C16H32O6. The van der Waals surface area contributed by atoms with Gasteiger partial charge in [-0.15, -0.1) is 0 Å².